The van der Waals surface area contributed by atoms with Crippen LogP contribution in [0, 0.1) is 0 Å². The topological polar surface area (TPSA) is 44.6 Å². The van der Waals surface area contributed by atoms with Crippen LogP contribution in [0.15, 0.2) is 17.1 Å². The van der Waals surface area contributed by atoms with Gasteiger partial charge in [-0.05, 0) is 12.1 Å². The highest BCUT2D eigenvalue weighted by atomic mass is 35.5. The zero-order chi connectivity index (χ0) is 10.1. The maximum absolute atomic E-state index is 9.67. The third-order valence-corrected chi connectivity index (χ3v) is 2.46. The summed E-state index contributed by atoms with van der Waals surface area (Å²) in [6.07, 6.45) is 0. The molecule has 0 atom stereocenters. The first kappa shape index (κ1) is 9.62. The van der Waals surface area contributed by atoms with Crippen LogP contribution in [0.3, 0.4) is 0 Å². The number of rotatable bonds is 1. The van der Waals surface area contributed by atoms with Gasteiger partial charge in [0.25, 0.3) is 0 Å². The zero-order valence-corrected chi connectivity index (χ0v) is 8.73. The minimum atomic E-state index is 0.0178. The van der Waals surface area contributed by atoms with Crippen molar-refractivity contribution in [2.45, 2.75) is 0 Å². The van der Waals surface area contributed by atoms with E-state index in [4.69, 9.17) is 23.2 Å². The number of amidine groups is 1. The van der Waals surface area contributed by atoms with Crippen LogP contribution >= 0.6 is 23.2 Å². The van der Waals surface area contributed by atoms with E-state index in [0.717, 1.165) is 6.54 Å². The maximum atomic E-state index is 9.67. The second kappa shape index (κ2) is 3.67. The average molecular weight is 231 g/mol. The van der Waals surface area contributed by atoms with Gasteiger partial charge in [-0.15, -0.1) is 0 Å². The van der Waals surface area contributed by atoms with Crippen LogP contribution in [0.5, 0.6) is 5.75 Å². The monoisotopic (exact) mass is 230 g/mol. The Labute approximate surface area is 91.4 Å². The standard InChI is InChI=1S/C9H8Cl2N2O/c10-5-3-6(8(14)7(11)4-5)9-12-1-2-13-9/h3-4,14H,1-2H2,(H,12,13). The zero-order valence-electron chi connectivity index (χ0n) is 7.22. The Morgan fingerprint density at radius 1 is 1.36 bits per heavy atom. The van der Waals surface area contributed by atoms with Gasteiger partial charge in [0.1, 0.15) is 11.6 Å². The number of aliphatic imine (C=N–C) groups is 1. The van der Waals surface area contributed by atoms with E-state index < -0.39 is 0 Å². The number of halogens is 2. The summed E-state index contributed by atoms with van der Waals surface area (Å²) < 4.78 is 0. The molecule has 5 heteroatoms. The fraction of sp³-hybridized carbons (Fsp3) is 0.222. The molecule has 0 radical (unpaired) electrons. The van der Waals surface area contributed by atoms with E-state index in [9.17, 15) is 5.11 Å². The van der Waals surface area contributed by atoms with Gasteiger partial charge < -0.3 is 10.4 Å². The molecule has 0 aliphatic carbocycles. The minimum absolute atomic E-state index is 0.0178. The lowest BCUT2D eigenvalue weighted by Gasteiger charge is -2.07. The van der Waals surface area contributed by atoms with Gasteiger partial charge >= 0.3 is 0 Å². The van der Waals surface area contributed by atoms with E-state index >= 15 is 0 Å². The number of benzene rings is 1. The summed E-state index contributed by atoms with van der Waals surface area (Å²) in [5.41, 5.74) is 0.556. The van der Waals surface area contributed by atoms with Crippen molar-refractivity contribution in [3.8, 4) is 5.75 Å². The fourth-order valence-electron chi connectivity index (χ4n) is 1.32. The Balaban J connectivity index is 2.51. The van der Waals surface area contributed by atoms with E-state index in [1.54, 1.807) is 6.07 Å². The smallest absolute Gasteiger partial charge is 0.145 e. The van der Waals surface area contributed by atoms with Gasteiger partial charge in [-0.1, -0.05) is 23.2 Å². The molecule has 1 aromatic carbocycles. The molecule has 1 aromatic rings. The Morgan fingerprint density at radius 3 is 2.79 bits per heavy atom. The van der Waals surface area contributed by atoms with Crippen LogP contribution < -0.4 is 5.32 Å². The van der Waals surface area contributed by atoms with Gasteiger partial charge in [0.15, 0.2) is 0 Å². The molecule has 1 aliphatic heterocycles. The van der Waals surface area contributed by atoms with Gasteiger partial charge in [-0.25, -0.2) is 0 Å². The summed E-state index contributed by atoms with van der Waals surface area (Å²) >= 11 is 11.6. The Kier molecular flexibility index (Phi) is 2.52. The number of hydrogen-bond acceptors (Lipinski definition) is 3. The number of aromatic hydroxyl groups is 1. The summed E-state index contributed by atoms with van der Waals surface area (Å²) in [4.78, 5) is 4.18. The first-order chi connectivity index (χ1) is 6.68. The van der Waals surface area contributed by atoms with Crippen molar-refractivity contribution in [2.75, 3.05) is 13.1 Å². The number of nitrogens with one attached hydrogen (secondary N) is 1. The second-order valence-electron chi connectivity index (χ2n) is 2.94. The number of phenols is 1. The van der Waals surface area contributed by atoms with Gasteiger partial charge in [0.2, 0.25) is 0 Å². The van der Waals surface area contributed by atoms with Gasteiger partial charge in [-0.3, -0.25) is 4.99 Å². The fourth-order valence-corrected chi connectivity index (χ4v) is 1.82. The summed E-state index contributed by atoms with van der Waals surface area (Å²) in [7, 11) is 0. The largest absolute Gasteiger partial charge is 0.506 e. The molecule has 1 heterocycles. The van der Waals surface area contributed by atoms with Crippen LogP contribution in [0.25, 0.3) is 0 Å². The van der Waals surface area contributed by atoms with Gasteiger partial charge in [-0.2, -0.15) is 0 Å². The highest BCUT2D eigenvalue weighted by Crippen LogP contribution is 2.31. The van der Waals surface area contributed by atoms with E-state index in [1.807, 2.05) is 0 Å². The SMILES string of the molecule is Oc1c(Cl)cc(Cl)cc1C1=NCCN1. The number of nitrogens with zero attached hydrogens (tertiary/aromatic N) is 1. The van der Waals surface area contributed by atoms with Crippen molar-refractivity contribution in [1.29, 1.82) is 0 Å². The van der Waals surface area contributed by atoms with Gasteiger partial charge in [0.05, 0.1) is 17.1 Å². The molecule has 1 aliphatic rings. The van der Waals surface area contributed by atoms with Crippen molar-refractivity contribution in [2.24, 2.45) is 4.99 Å². The van der Waals surface area contributed by atoms with E-state index in [-0.39, 0.29) is 10.8 Å². The number of phenolic OH excluding ortho intramolecular Hbond substituents is 1. The van der Waals surface area contributed by atoms with E-state index in [2.05, 4.69) is 10.3 Å². The summed E-state index contributed by atoms with van der Waals surface area (Å²) in [6.45, 7) is 1.48. The van der Waals surface area contributed by atoms with Crippen molar-refractivity contribution in [3.05, 3.63) is 27.7 Å². The molecule has 0 spiro atoms. The minimum Gasteiger partial charge on any atom is -0.506 e. The molecule has 0 amide bonds. The third kappa shape index (κ3) is 1.65. The first-order valence-corrected chi connectivity index (χ1v) is 4.91. The van der Waals surface area contributed by atoms with Crippen LogP contribution in [-0.4, -0.2) is 24.0 Å². The molecular weight excluding hydrogens is 223 g/mol. The van der Waals surface area contributed by atoms with Crippen molar-refractivity contribution < 1.29 is 5.11 Å². The molecule has 3 nitrogen and oxygen atoms in total. The molecule has 2 N–H and O–H groups in total. The highest BCUT2D eigenvalue weighted by Gasteiger charge is 2.15. The molecule has 0 saturated heterocycles. The Morgan fingerprint density at radius 2 is 2.14 bits per heavy atom. The average Bonchev–Trinajstić information content (AvgIpc) is 2.63. The Hall–Kier alpha value is -0.930. The summed E-state index contributed by atoms with van der Waals surface area (Å²) in [5, 5.41) is 13.4. The lowest BCUT2D eigenvalue weighted by Crippen LogP contribution is -2.19. The maximum Gasteiger partial charge on any atom is 0.145 e. The lowest BCUT2D eigenvalue weighted by atomic mass is 10.2. The molecule has 0 unspecified atom stereocenters. The summed E-state index contributed by atoms with van der Waals surface area (Å²) in [5.74, 6) is 0.663. The quantitative estimate of drug-likeness (QED) is 0.776. The molecule has 2 rings (SSSR count). The lowest BCUT2D eigenvalue weighted by molar-refractivity contribution is 0.474. The first-order valence-electron chi connectivity index (χ1n) is 4.15. The predicted octanol–water partition coefficient (Wildman–Crippen LogP) is 2.05. The van der Waals surface area contributed by atoms with Crippen LogP contribution in [-0.2, 0) is 0 Å². The van der Waals surface area contributed by atoms with E-state index in [1.165, 1.54) is 6.07 Å². The molecule has 14 heavy (non-hydrogen) atoms. The molecule has 74 valence electrons. The van der Waals surface area contributed by atoms with Crippen molar-refractivity contribution in [1.82, 2.24) is 5.32 Å². The molecule has 0 saturated carbocycles. The number of hydrogen-bond donors (Lipinski definition) is 2. The second-order valence-corrected chi connectivity index (χ2v) is 3.78. The van der Waals surface area contributed by atoms with Crippen molar-refractivity contribution in [3.63, 3.8) is 0 Å². The predicted molar refractivity (Wildman–Crippen MR) is 57.5 cm³/mol. The molecule has 0 bridgehead atoms. The molecular formula is C9H8Cl2N2O. The Bertz CT molecular complexity index is 404. The van der Waals surface area contributed by atoms with E-state index in [0.29, 0.717) is 23.0 Å². The molecule has 0 fully saturated rings. The third-order valence-electron chi connectivity index (χ3n) is 1.96. The molecule has 0 aromatic heterocycles. The van der Waals surface area contributed by atoms with Gasteiger partial charge in [0, 0.05) is 11.6 Å². The summed E-state index contributed by atoms with van der Waals surface area (Å²) in [6, 6.07) is 3.14. The highest BCUT2D eigenvalue weighted by molar-refractivity contribution is 6.36. The van der Waals surface area contributed by atoms with Crippen LogP contribution in [0.2, 0.25) is 10.0 Å². The normalized spacial score (nSPS) is 15.1. The van der Waals surface area contributed by atoms with Crippen LogP contribution in [0.1, 0.15) is 5.56 Å². The van der Waals surface area contributed by atoms with Crippen molar-refractivity contribution >= 4 is 29.0 Å². The van der Waals surface area contributed by atoms with Crippen LogP contribution in [0.4, 0.5) is 0 Å².